The molecule has 1 N–H and O–H groups in total. The molecule has 0 saturated heterocycles. The van der Waals surface area contributed by atoms with Crippen molar-refractivity contribution in [3.05, 3.63) is 106 Å². The molecule has 2 aliphatic heterocycles. The molecular weight excluding hydrogens is 416 g/mol. The molecule has 0 saturated carbocycles. The molecule has 3 aromatic carbocycles. The Morgan fingerprint density at radius 1 is 1.03 bits per heavy atom. The van der Waals surface area contributed by atoms with E-state index in [1.807, 2.05) is 29.2 Å². The lowest BCUT2D eigenvalue weighted by molar-refractivity contribution is 0.0985. The van der Waals surface area contributed by atoms with Gasteiger partial charge in [0.1, 0.15) is 0 Å². The molecule has 0 radical (unpaired) electrons. The van der Waals surface area contributed by atoms with Crippen molar-refractivity contribution >= 4 is 28.9 Å². The number of nitrogens with one attached hydrogen (secondary N) is 1. The summed E-state index contributed by atoms with van der Waals surface area (Å²) >= 11 is 6.12. The number of para-hydroxylation sites is 1. The van der Waals surface area contributed by atoms with Crippen LogP contribution in [0.25, 0.3) is 0 Å². The van der Waals surface area contributed by atoms with Gasteiger partial charge in [-0.2, -0.15) is 0 Å². The average molecular weight is 441 g/mol. The number of nitrogens with zero attached hydrogens (tertiary/aromatic N) is 1. The molecule has 6 rings (SSSR count). The fourth-order valence-electron chi connectivity index (χ4n) is 5.63. The lowest BCUT2D eigenvalue weighted by Crippen LogP contribution is -2.36. The highest BCUT2D eigenvalue weighted by Crippen LogP contribution is 2.50. The van der Waals surface area contributed by atoms with Gasteiger partial charge in [0.05, 0.1) is 6.04 Å². The number of allylic oxidation sites excluding steroid dienone is 2. The van der Waals surface area contributed by atoms with Crippen molar-refractivity contribution in [3.8, 4) is 0 Å². The number of hydrogen-bond donors (Lipinski definition) is 1. The maximum Gasteiger partial charge on any atom is 0.258 e. The number of rotatable bonds is 2. The Labute approximate surface area is 193 Å². The summed E-state index contributed by atoms with van der Waals surface area (Å²) in [5.74, 6) is 0.844. The van der Waals surface area contributed by atoms with Crippen LogP contribution in [0.15, 0.2) is 78.9 Å². The van der Waals surface area contributed by atoms with Crippen molar-refractivity contribution in [2.75, 3.05) is 16.8 Å². The number of carbonyl (C=O) groups excluding carboxylic acids is 1. The van der Waals surface area contributed by atoms with Gasteiger partial charge >= 0.3 is 0 Å². The maximum absolute atomic E-state index is 13.5. The number of halogens is 1. The number of fused-ring (bicyclic) bond motifs is 4. The Morgan fingerprint density at radius 3 is 2.75 bits per heavy atom. The minimum atomic E-state index is 0.0956. The van der Waals surface area contributed by atoms with Crippen molar-refractivity contribution in [1.29, 1.82) is 0 Å². The Morgan fingerprint density at radius 2 is 1.88 bits per heavy atom. The number of hydrogen-bond acceptors (Lipinski definition) is 2. The van der Waals surface area contributed by atoms with Gasteiger partial charge in [-0.15, -0.1) is 0 Å². The highest BCUT2D eigenvalue weighted by molar-refractivity contribution is 6.30. The molecule has 0 spiro atoms. The van der Waals surface area contributed by atoms with Gasteiger partial charge in [-0.25, -0.2) is 0 Å². The van der Waals surface area contributed by atoms with Crippen LogP contribution in [0.3, 0.4) is 0 Å². The minimum absolute atomic E-state index is 0.0956. The molecule has 3 atom stereocenters. The van der Waals surface area contributed by atoms with Crippen molar-refractivity contribution in [2.24, 2.45) is 5.92 Å². The lowest BCUT2D eigenvalue weighted by atomic mass is 9.76. The molecular formula is C28H25ClN2O. The Balaban J connectivity index is 1.34. The van der Waals surface area contributed by atoms with E-state index in [1.165, 1.54) is 16.7 Å². The molecule has 1 amide bonds. The van der Waals surface area contributed by atoms with Crippen LogP contribution in [0.2, 0.25) is 5.02 Å². The summed E-state index contributed by atoms with van der Waals surface area (Å²) in [6.07, 6.45) is 7.67. The topological polar surface area (TPSA) is 32.3 Å². The van der Waals surface area contributed by atoms with Gasteiger partial charge in [-0.3, -0.25) is 4.79 Å². The Kier molecular flexibility index (Phi) is 4.80. The number of amides is 1. The van der Waals surface area contributed by atoms with Gasteiger partial charge in [0.25, 0.3) is 5.91 Å². The third-order valence-corrected chi connectivity index (χ3v) is 7.45. The third-order valence-electron chi connectivity index (χ3n) is 7.19. The highest BCUT2D eigenvalue weighted by atomic mass is 35.5. The van der Waals surface area contributed by atoms with Crippen molar-refractivity contribution < 1.29 is 4.79 Å². The van der Waals surface area contributed by atoms with E-state index in [4.69, 9.17) is 11.6 Å². The zero-order chi connectivity index (χ0) is 21.7. The van der Waals surface area contributed by atoms with Crippen molar-refractivity contribution in [1.82, 2.24) is 0 Å². The van der Waals surface area contributed by atoms with E-state index in [0.29, 0.717) is 11.8 Å². The summed E-state index contributed by atoms with van der Waals surface area (Å²) in [7, 11) is 0. The van der Waals surface area contributed by atoms with E-state index in [9.17, 15) is 4.79 Å². The second-order valence-electron chi connectivity index (χ2n) is 9.02. The SMILES string of the molecule is O=C(c1ccc2c(c1)[C@@H]1C=CC[C@H]1[C@H](c1ccc(Cl)cc1)N2)N1CCCc2ccccc21. The first-order valence-corrected chi connectivity index (χ1v) is 11.8. The summed E-state index contributed by atoms with van der Waals surface area (Å²) in [6.45, 7) is 0.774. The summed E-state index contributed by atoms with van der Waals surface area (Å²) in [4.78, 5) is 15.5. The number of carbonyl (C=O) groups is 1. The van der Waals surface area contributed by atoms with E-state index in [0.717, 1.165) is 47.8 Å². The zero-order valence-corrected chi connectivity index (χ0v) is 18.6. The molecule has 0 unspecified atom stereocenters. The van der Waals surface area contributed by atoms with Gasteiger partial charge in [-0.1, -0.05) is 54.1 Å². The Hall–Kier alpha value is -3.04. The molecule has 2 heterocycles. The first kappa shape index (κ1) is 19.6. The smallest absolute Gasteiger partial charge is 0.258 e. The second-order valence-corrected chi connectivity index (χ2v) is 9.45. The standard InChI is InChI=1S/C28H25ClN2O/c29-21-13-10-19(11-14-21)27-23-8-3-7-22(23)24-17-20(12-15-25(24)30-27)28(32)31-16-4-6-18-5-1-2-9-26(18)31/h1-3,5,7,9-15,17,22-23,27,30H,4,6,8,16H2/t22-,23-,27+/m1/s1. The van der Waals surface area contributed by atoms with Crippen LogP contribution >= 0.6 is 11.6 Å². The predicted molar refractivity (Wildman–Crippen MR) is 131 cm³/mol. The van der Waals surface area contributed by atoms with Gasteiger partial charge in [0.2, 0.25) is 0 Å². The van der Waals surface area contributed by atoms with Crippen LogP contribution in [0, 0.1) is 5.92 Å². The number of benzene rings is 3. The van der Waals surface area contributed by atoms with E-state index < -0.39 is 0 Å². The van der Waals surface area contributed by atoms with E-state index in [1.54, 1.807) is 0 Å². The van der Waals surface area contributed by atoms with Crippen LogP contribution in [0.5, 0.6) is 0 Å². The van der Waals surface area contributed by atoms with Crippen LogP contribution in [0.1, 0.15) is 51.8 Å². The first-order chi connectivity index (χ1) is 15.7. The monoisotopic (exact) mass is 440 g/mol. The molecule has 3 nitrogen and oxygen atoms in total. The lowest BCUT2D eigenvalue weighted by Gasteiger charge is -2.38. The molecule has 160 valence electrons. The highest BCUT2D eigenvalue weighted by Gasteiger charge is 2.38. The summed E-state index contributed by atoms with van der Waals surface area (Å²) in [5.41, 5.74) is 6.69. The first-order valence-electron chi connectivity index (χ1n) is 11.4. The van der Waals surface area contributed by atoms with Crippen LogP contribution < -0.4 is 10.2 Å². The third kappa shape index (κ3) is 3.23. The summed E-state index contributed by atoms with van der Waals surface area (Å²) in [6, 6.07) is 22.9. The van der Waals surface area contributed by atoms with Crippen LogP contribution in [-0.4, -0.2) is 12.5 Å². The normalized spacial score (nSPS) is 23.2. The largest absolute Gasteiger partial charge is 0.378 e. The zero-order valence-electron chi connectivity index (χ0n) is 17.8. The van der Waals surface area contributed by atoms with Gasteiger partial charge in [-0.05, 0) is 78.3 Å². The van der Waals surface area contributed by atoms with E-state index in [-0.39, 0.29) is 11.9 Å². The van der Waals surface area contributed by atoms with Gasteiger partial charge in [0, 0.05) is 34.4 Å². The average Bonchev–Trinajstić information content (AvgIpc) is 3.33. The molecule has 3 aliphatic rings. The minimum Gasteiger partial charge on any atom is -0.378 e. The molecule has 3 aromatic rings. The molecule has 0 aromatic heterocycles. The fourth-order valence-corrected chi connectivity index (χ4v) is 5.75. The predicted octanol–water partition coefficient (Wildman–Crippen LogP) is 6.76. The van der Waals surface area contributed by atoms with Gasteiger partial charge in [0.15, 0.2) is 0 Å². The van der Waals surface area contributed by atoms with Crippen molar-refractivity contribution in [2.45, 2.75) is 31.2 Å². The van der Waals surface area contributed by atoms with Gasteiger partial charge < -0.3 is 10.2 Å². The molecule has 0 bridgehead atoms. The van der Waals surface area contributed by atoms with E-state index >= 15 is 0 Å². The molecule has 1 aliphatic carbocycles. The van der Waals surface area contributed by atoms with E-state index in [2.05, 4.69) is 59.9 Å². The fraction of sp³-hybridized carbons (Fsp3) is 0.250. The molecule has 4 heteroatoms. The summed E-state index contributed by atoms with van der Waals surface area (Å²) in [5, 5.41) is 4.52. The number of aryl methyl sites for hydroxylation is 1. The van der Waals surface area contributed by atoms with Crippen LogP contribution in [-0.2, 0) is 6.42 Å². The number of anilines is 2. The van der Waals surface area contributed by atoms with Crippen LogP contribution in [0.4, 0.5) is 11.4 Å². The second kappa shape index (κ2) is 7.83. The Bertz CT molecular complexity index is 1220. The maximum atomic E-state index is 13.5. The molecule has 0 fully saturated rings. The quantitative estimate of drug-likeness (QED) is 0.446. The molecule has 32 heavy (non-hydrogen) atoms. The summed E-state index contributed by atoms with van der Waals surface area (Å²) < 4.78 is 0. The van der Waals surface area contributed by atoms with Crippen molar-refractivity contribution in [3.63, 3.8) is 0 Å².